The molecule has 0 aromatic heterocycles. The van der Waals surface area contributed by atoms with Crippen molar-refractivity contribution < 1.29 is 9.53 Å². The van der Waals surface area contributed by atoms with Gasteiger partial charge in [0.2, 0.25) is 5.91 Å². The van der Waals surface area contributed by atoms with Crippen LogP contribution >= 0.6 is 0 Å². The van der Waals surface area contributed by atoms with Crippen LogP contribution in [0.5, 0.6) is 0 Å². The second kappa shape index (κ2) is 4.94. The number of likely N-dealkylation sites (tertiary alicyclic amines) is 1. The van der Waals surface area contributed by atoms with Crippen molar-refractivity contribution in [3.05, 3.63) is 0 Å². The Balaban J connectivity index is 1.81. The summed E-state index contributed by atoms with van der Waals surface area (Å²) in [6.07, 6.45) is 4.45. The Bertz CT molecular complexity index is 219. The fraction of sp³-hybridized carbons (Fsp3) is 0.909. The number of amides is 1. The summed E-state index contributed by atoms with van der Waals surface area (Å²) in [5.74, 6) is 0.294. The van der Waals surface area contributed by atoms with Gasteiger partial charge in [0, 0.05) is 20.2 Å². The fourth-order valence-corrected chi connectivity index (χ4v) is 2.43. The molecule has 0 bridgehead atoms. The van der Waals surface area contributed by atoms with Gasteiger partial charge in [-0.1, -0.05) is 0 Å². The smallest absolute Gasteiger partial charge is 0.239 e. The molecule has 0 aliphatic carbocycles. The normalized spacial score (nSPS) is 28.3. The van der Waals surface area contributed by atoms with Crippen molar-refractivity contribution in [3.8, 4) is 0 Å². The molecule has 1 N–H and O–H groups in total. The maximum Gasteiger partial charge on any atom is 0.239 e. The van der Waals surface area contributed by atoms with Crippen LogP contribution in [0.25, 0.3) is 0 Å². The summed E-state index contributed by atoms with van der Waals surface area (Å²) >= 11 is 0. The highest BCUT2D eigenvalue weighted by Crippen LogP contribution is 2.16. The molecule has 86 valence electrons. The van der Waals surface area contributed by atoms with Crippen LogP contribution in [0.3, 0.4) is 0 Å². The standard InChI is InChI=1S/C11H20N2O2/c1-15-9-4-7-13(8-5-9)11(14)10-3-2-6-12-10/h9-10,12H,2-8H2,1H3/t10-/m0/s1. The van der Waals surface area contributed by atoms with E-state index in [1.165, 1.54) is 0 Å². The Kier molecular flexibility index (Phi) is 3.59. The van der Waals surface area contributed by atoms with Gasteiger partial charge in [-0.25, -0.2) is 0 Å². The van der Waals surface area contributed by atoms with E-state index in [4.69, 9.17) is 4.74 Å². The number of rotatable bonds is 2. The Morgan fingerprint density at radius 2 is 2.07 bits per heavy atom. The lowest BCUT2D eigenvalue weighted by atomic mass is 10.1. The van der Waals surface area contributed by atoms with Crippen LogP contribution in [0.2, 0.25) is 0 Å². The van der Waals surface area contributed by atoms with E-state index < -0.39 is 0 Å². The van der Waals surface area contributed by atoms with Gasteiger partial charge < -0.3 is 15.0 Å². The Morgan fingerprint density at radius 1 is 1.33 bits per heavy atom. The molecule has 4 heteroatoms. The Hall–Kier alpha value is -0.610. The monoisotopic (exact) mass is 212 g/mol. The molecule has 2 saturated heterocycles. The first kappa shape index (κ1) is 10.9. The summed E-state index contributed by atoms with van der Waals surface area (Å²) < 4.78 is 5.29. The van der Waals surface area contributed by atoms with Gasteiger partial charge in [-0.05, 0) is 32.2 Å². The van der Waals surface area contributed by atoms with Crippen molar-refractivity contribution in [2.24, 2.45) is 0 Å². The van der Waals surface area contributed by atoms with E-state index in [0.29, 0.717) is 12.0 Å². The molecule has 1 amide bonds. The average Bonchev–Trinajstić information content (AvgIpc) is 2.82. The molecule has 2 fully saturated rings. The highest BCUT2D eigenvalue weighted by molar-refractivity contribution is 5.82. The number of carbonyl (C=O) groups is 1. The van der Waals surface area contributed by atoms with Crippen LogP contribution in [-0.2, 0) is 9.53 Å². The van der Waals surface area contributed by atoms with Crippen LogP contribution in [0.1, 0.15) is 25.7 Å². The van der Waals surface area contributed by atoms with Gasteiger partial charge in [-0.15, -0.1) is 0 Å². The first-order chi connectivity index (χ1) is 7.31. The number of piperidine rings is 1. The van der Waals surface area contributed by atoms with Crippen LogP contribution in [0, 0.1) is 0 Å². The van der Waals surface area contributed by atoms with E-state index in [1.54, 1.807) is 7.11 Å². The van der Waals surface area contributed by atoms with E-state index >= 15 is 0 Å². The summed E-state index contributed by atoms with van der Waals surface area (Å²) in [6, 6.07) is 0.0871. The Morgan fingerprint density at radius 3 is 2.60 bits per heavy atom. The molecule has 0 aromatic carbocycles. The van der Waals surface area contributed by atoms with Crippen LogP contribution in [-0.4, -0.2) is 49.7 Å². The van der Waals surface area contributed by atoms with Crippen molar-refractivity contribution in [1.82, 2.24) is 10.2 Å². The van der Waals surface area contributed by atoms with Gasteiger partial charge in [0.05, 0.1) is 12.1 Å². The first-order valence-corrected chi connectivity index (χ1v) is 5.86. The minimum Gasteiger partial charge on any atom is -0.381 e. The molecule has 15 heavy (non-hydrogen) atoms. The summed E-state index contributed by atoms with van der Waals surface area (Å²) in [5.41, 5.74) is 0. The van der Waals surface area contributed by atoms with Crippen molar-refractivity contribution >= 4 is 5.91 Å². The molecular weight excluding hydrogens is 192 g/mol. The molecular formula is C11H20N2O2. The van der Waals surface area contributed by atoms with E-state index in [1.807, 2.05) is 4.90 Å². The topological polar surface area (TPSA) is 41.6 Å². The lowest BCUT2D eigenvalue weighted by Crippen LogP contribution is -2.48. The summed E-state index contributed by atoms with van der Waals surface area (Å²) in [4.78, 5) is 14.0. The molecule has 0 aromatic rings. The van der Waals surface area contributed by atoms with Crippen LogP contribution < -0.4 is 5.32 Å². The van der Waals surface area contributed by atoms with Crippen LogP contribution in [0.15, 0.2) is 0 Å². The summed E-state index contributed by atoms with van der Waals surface area (Å²) in [6.45, 7) is 2.70. The maximum absolute atomic E-state index is 12.0. The van der Waals surface area contributed by atoms with Gasteiger partial charge in [-0.3, -0.25) is 4.79 Å². The molecule has 0 spiro atoms. The largest absolute Gasteiger partial charge is 0.381 e. The zero-order valence-electron chi connectivity index (χ0n) is 9.37. The third-order valence-corrected chi connectivity index (χ3v) is 3.45. The summed E-state index contributed by atoms with van der Waals surface area (Å²) in [7, 11) is 1.75. The zero-order chi connectivity index (χ0) is 10.7. The number of nitrogens with zero attached hydrogens (tertiary/aromatic N) is 1. The second-order valence-electron chi connectivity index (χ2n) is 4.41. The molecule has 0 unspecified atom stereocenters. The second-order valence-corrected chi connectivity index (χ2v) is 4.41. The number of hydrogen-bond donors (Lipinski definition) is 1. The van der Waals surface area contributed by atoms with Crippen LogP contribution in [0.4, 0.5) is 0 Å². The highest BCUT2D eigenvalue weighted by Gasteiger charge is 2.29. The van der Waals surface area contributed by atoms with Crippen molar-refractivity contribution in [3.63, 3.8) is 0 Å². The first-order valence-electron chi connectivity index (χ1n) is 5.86. The molecule has 4 nitrogen and oxygen atoms in total. The third kappa shape index (κ3) is 2.49. The maximum atomic E-state index is 12.0. The van der Waals surface area contributed by atoms with Gasteiger partial charge in [-0.2, -0.15) is 0 Å². The van der Waals surface area contributed by atoms with Crippen molar-refractivity contribution in [2.45, 2.75) is 37.8 Å². The van der Waals surface area contributed by atoms with E-state index in [-0.39, 0.29) is 6.04 Å². The van der Waals surface area contributed by atoms with Gasteiger partial charge >= 0.3 is 0 Å². The predicted molar refractivity (Wildman–Crippen MR) is 57.6 cm³/mol. The number of hydrogen-bond acceptors (Lipinski definition) is 3. The Labute approximate surface area is 91.0 Å². The average molecular weight is 212 g/mol. The molecule has 1 atom stereocenters. The predicted octanol–water partition coefficient (Wildman–Crippen LogP) is 0.376. The molecule has 2 rings (SSSR count). The number of nitrogens with one attached hydrogen (secondary N) is 1. The molecule has 0 saturated carbocycles. The quantitative estimate of drug-likeness (QED) is 0.719. The van der Waals surface area contributed by atoms with E-state index in [2.05, 4.69) is 5.32 Å². The van der Waals surface area contributed by atoms with Crippen molar-refractivity contribution in [1.29, 1.82) is 0 Å². The lowest BCUT2D eigenvalue weighted by molar-refractivity contribution is -0.135. The minimum atomic E-state index is 0.0871. The van der Waals surface area contributed by atoms with Crippen molar-refractivity contribution in [2.75, 3.05) is 26.7 Å². The molecule has 2 heterocycles. The SMILES string of the molecule is COC1CCN(C(=O)[C@@H]2CCCN2)CC1. The molecule has 2 aliphatic rings. The number of carbonyl (C=O) groups excluding carboxylic acids is 1. The summed E-state index contributed by atoms with van der Waals surface area (Å²) in [5, 5.41) is 3.26. The highest BCUT2D eigenvalue weighted by atomic mass is 16.5. The number of methoxy groups -OCH3 is 1. The lowest BCUT2D eigenvalue weighted by Gasteiger charge is -2.32. The van der Waals surface area contributed by atoms with Gasteiger partial charge in [0.15, 0.2) is 0 Å². The number of ether oxygens (including phenoxy) is 1. The molecule has 0 radical (unpaired) electrons. The molecule has 2 aliphatic heterocycles. The van der Waals surface area contributed by atoms with E-state index in [9.17, 15) is 4.79 Å². The van der Waals surface area contributed by atoms with Gasteiger partial charge in [0.25, 0.3) is 0 Å². The third-order valence-electron chi connectivity index (χ3n) is 3.45. The minimum absolute atomic E-state index is 0.0871. The van der Waals surface area contributed by atoms with E-state index in [0.717, 1.165) is 45.3 Å². The van der Waals surface area contributed by atoms with Gasteiger partial charge in [0.1, 0.15) is 0 Å². The zero-order valence-corrected chi connectivity index (χ0v) is 9.37. The fourth-order valence-electron chi connectivity index (χ4n) is 2.43.